The maximum atomic E-state index is 14.5. The number of ether oxygens (including phenoxy) is 2. The monoisotopic (exact) mass is 918 g/mol. The van der Waals surface area contributed by atoms with Crippen molar-refractivity contribution in [2.75, 3.05) is 41.9 Å². The summed E-state index contributed by atoms with van der Waals surface area (Å²) >= 11 is 0. The Morgan fingerprint density at radius 1 is 0.788 bits per heavy atom. The molecule has 1 aliphatic rings. The molecule has 2 N–H and O–H groups in total. The molecule has 4 amide bonds. The van der Waals surface area contributed by atoms with E-state index in [4.69, 9.17) is 9.47 Å². The molecule has 12 heteroatoms. The number of hydrogen-bond donors (Lipinski definition) is 2. The normalized spacial score (nSPS) is 18.0. The molecule has 0 aliphatic carbocycles. The van der Waals surface area contributed by atoms with Gasteiger partial charge in [-0.15, -0.1) is 0 Å². The minimum absolute atomic E-state index is 0.0215. The van der Waals surface area contributed by atoms with Crippen molar-refractivity contribution in [2.45, 2.75) is 169 Å². The van der Waals surface area contributed by atoms with Crippen LogP contribution in [0.5, 0.6) is 0 Å². The fourth-order valence-electron chi connectivity index (χ4n) is 9.91. The average molecular weight is 918 g/mol. The van der Waals surface area contributed by atoms with Crippen LogP contribution in [-0.2, 0) is 52.7 Å². The van der Waals surface area contributed by atoms with Gasteiger partial charge in [0.25, 0.3) is 0 Å². The Bertz CT molecular complexity index is 1820. The molecule has 0 aromatic heterocycles. The molecule has 1 saturated heterocycles. The highest BCUT2D eigenvalue weighted by molar-refractivity contribution is 5.90. The molecule has 1 aliphatic heterocycles. The first-order valence-corrected chi connectivity index (χ1v) is 24.6. The molecule has 370 valence electrons. The van der Waals surface area contributed by atoms with E-state index in [9.17, 15) is 24.0 Å². The number of rotatable bonds is 26. The van der Waals surface area contributed by atoms with Gasteiger partial charge in [-0.1, -0.05) is 130 Å². The predicted octanol–water partition coefficient (Wildman–Crippen LogP) is 7.54. The molecule has 1 heterocycles. The molecule has 2 aromatic rings. The minimum Gasteiger partial charge on any atom is -0.379 e. The van der Waals surface area contributed by atoms with Crippen molar-refractivity contribution in [3.05, 3.63) is 71.3 Å². The second-order valence-corrected chi connectivity index (χ2v) is 21.2. The van der Waals surface area contributed by atoms with E-state index in [1.54, 1.807) is 26.2 Å². The SMILES string of the molecule is CC[C@H](C)[C@@H]([C@@H](CC(=O)N1CCC[C@H]1[C@H](OC)[C@@H](C)C(=O)N[C@H](CC(=O)CCc1ccc(CC(C)(C)C)cc1)Cc1ccccc1)OC)N(C)C(=O)[C@@H](NC(=O)[C@H](C(C)C)N(C)C)C(C)C. The van der Waals surface area contributed by atoms with Gasteiger partial charge >= 0.3 is 0 Å². The van der Waals surface area contributed by atoms with E-state index in [1.165, 1.54) is 5.56 Å². The van der Waals surface area contributed by atoms with Gasteiger partial charge in [-0.25, -0.2) is 0 Å². The zero-order valence-corrected chi connectivity index (χ0v) is 43.3. The number of aryl methyl sites for hydroxylation is 1. The second kappa shape index (κ2) is 26.4. The summed E-state index contributed by atoms with van der Waals surface area (Å²) in [4.78, 5) is 75.5. The Morgan fingerprint density at radius 2 is 1.41 bits per heavy atom. The fourth-order valence-corrected chi connectivity index (χ4v) is 9.91. The van der Waals surface area contributed by atoms with Crippen molar-refractivity contribution in [3.63, 3.8) is 0 Å². The van der Waals surface area contributed by atoms with Gasteiger partial charge in [0.1, 0.15) is 11.8 Å². The maximum absolute atomic E-state index is 14.5. The van der Waals surface area contributed by atoms with Gasteiger partial charge in [0.05, 0.1) is 42.7 Å². The molecule has 0 unspecified atom stereocenters. The summed E-state index contributed by atoms with van der Waals surface area (Å²) in [5, 5.41) is 6.28. The number of nitrogens with one attached hydrogen (secondary N) is 2. The first-order valence-electron chi connectivity index (χ1n) is 24.6. The molecular weight excluding hydrogens is 831 g/mol. The number of ketones is 1. The minimum atomic E-state index is -0.770. The highest BCUT2D eigenvalue weighted by Crippen LogP contribution is 2.30. The Kier molecular flexibility index (Phi) is 22.5. The van der Waals surface area contributed by atoms with Gasteiger partial charge in [-0.05, 0) is 86.1 Å². The number of likely N-dealkylation sites (tertiary alicyclic amines) is 1. The van der Waals surface area contributed by atoms with Gasteiger partial charge in [0.15, 0.2) is 0 Å². The molecule has 9 atom stereocenters. The Morgan fingerprint density at radius 3 is 1.94 bits per heavy atom. The third-order valence-electron chi connectivity index (χ3n) is 13.5. The van der Waals surface area contributed by atoms with Crippen LogP contribution < -0.4 is 10.6 Å². The molecule has 3 rings (SSSR count). The molecular formula is C54H87N5O7. The van der Waals surface area contributed by atoms with E-state index in [-0.39, 0.29) is 71.5 Å². The van der Waals surface area contributed by atoms with Crippen molar-refractivity contribution in [3.8, 4) is 0 Å². The van der Waals surface area contributed by atoms with Crippen LogP contribution in [0.25, 0.3) is 0 Å². The van der Waals surface area contributed by atoms with Crippen LogP contribution in [-0.4, -0.2) is 128 Å². The van der Waals surface area contributed by atoms with Crippen LogP contribution in [0.15, 0.2) is 54.6 Å². The first-order chi connectivity index (χ1) is 31.0. The Balaban J connectivity index is 1.76. The zero-order valence-electron chi connectivity index (χ0n) is 43.3. The smallest absolute Gasteiger partial charge is 0.245 e. The summed E-state index contributed by atoms with van der Waals surface area (Å²) in [6.45, 7) is 20.9. The van der Waals surface area contributed by atoms with Crippen molar-refractivity contribution in [2.24, 2.45) is 29.1 Å². The number of likely N-dealkylation sites (N-methyl/N-ethyl adjacent to an activating group) is 2. The lowest BCUT2D eigenvalue weighted by molar-refractivity contribution is -0.148. The lowest BCUT2D eigenvalue weighted by Crippen LogP contribution is -2.59. The molecule has 2 aromatic carbocycles. The molecule has 1 fully saturated rings. The molecule has 12 nitrogen and oxygen atoms in total. The van der Waals surface area contributed by atoms with E-state index in [0.717, 1.165) is 30.4 Å². The van der Waals surface area contributed by atoms with Crippen molar-refractivity contribution in [1.29, 1.82) is 0 Å². The molecule has 0 radical (unpaired) electrons. The lowest BCUT2D eigenvalue weighted by Gasteiger charge is -2.41. The number of carbonyl (C=O) groups is 5. The van der Waals surface area contributed by atoms with Crippen molar-refractivity contribution >= 4 is 29.4 Å². The molecule has 0 spiro atoms. The first kappa shape index (κ1) is 56.2. The van der Waals surface area contributed by atoms with Crippen LogP contribution in [0.4, 0.5) is 0 Å². The summed E-state index contributed by atoms with van der Waals surface area (Å²) in [5.74, 6) is -1.52. The molecule has 0 saturated carbocycles. The number of amides is 4. The highest BCUT2D eigenvalue weighted by Gasteiger charge is 2.43. The van der Waals surface area contributed by atoms with Gasteiger partial charge in [0.2, 0.25) is 23.6 Å². The maximum Gasteiger partial charge on any atom is 0.245 e. The summed E-state index contributed by atoms with van der Waals surface area (Å²) < 4.78 is 12.2. The zero-order chi connectivity index (χ0) is 49.5. The van der Waals surface area contributed by atoms with Crippen LogP contribution in [0.3, 0.4) is 0 Å². The Hall–Kier alpha value is -4.13. The summed E-state index contributed by atoms with van der Waals surface area (Å²) in [6, 6.07) is 16.0. The summed E-state index contributed by atoms with van der Waals surface area (Å²) in [6.07, 6.45) is 3.63. The van der Waals surface area contributed by atoms with Crippen LogP contribution >= 0.6 is 0 Å². The number of methoxy groups -OCH3 is 2. The van der Waals surface area contributed by atoms with Gasteiger partial charge < -0.3 is 29.9 Å². The van der Waals surface area contributed by atoms with E-state index in [0.29, 0.717) is 32.2 Å². The van der Waals surface area contributed by atoms with Gasteiger partial charge in [-0.3, -0.25) is 28.9 Å². The topological polar surface area (TPSA) is 138 Å². The second-order valence-electron chi connectivity index (χ2n) is 21.2. The van der Waals surface area contributed by atoms with Gasteiger partial charge in [0, 0.05) is 46.7 Å². The van der Waals surface area contributed by atoms with E-state index >= 15 is 0 Å². The highest BCUT2D eigenvalue weighted by atomic mass is 16.5. The van der Waals surface area contributed by atoms with Crippen molar-refractivity contribution < 1.29 is 33.4 Å². The lowest BCUT2D eigenvalue weighted by atomic mass is 9.88. The fraction of sp³-hybridized carbons (Fsp3) is 0.685. The van der Waals surface area contributed by atoms with E-state index in [1.807, 2.05) is 88.8 Å². The number of hydrogen-bond acceptors (Lipinski definition) is 8. The van der Waals surface area contributed by atoms with E-state index in [2.05, 4.69) is 69.5 Å². The Labute approximate surface area is 398 Å². The van der Waals surface area contributed by atoms with Crippen molar-refractivity contribution in [1.82, 2.24) is 25.3 Å². The largest absolute Gasteiger partial charge is 0.379 e. The summed E-state index contributed by atoms with van der Waals surface area (Å²) in [5.41, 5.74) is 3.62. The third kappa shape index (κ3) is 16.6. The number of carbonyl (C=O) groups excluding carboxylic acids is 5. The van der Waals surface area contributed by atoms with E-state index < -0.39 is 42.3 Å². The quantitative estimate of drug-likeness (QED) is 0.0989. The predicted molar refractivity (Wildman–Crippen MR) is 265 cm³/mol. The standard InChI is InChI=1S/C54H87N5O7/c1-16-37(6)49(58(13)53(64)47(35(2)3)56-52(63)48(36(4)5)57(11)12)45(65-14)33-46(61)59-30-20-23-44(59)50(66-15)38(7)51(62)55-42(31-40-21-18-17-19-22-40)32-43(60)29-28-39-24-26-41(27-25-39)34-54(8,9)10/h17-19,21-22,24-27,35-38,42,44-45,47-50H,16,20,23,28-34H2,1-15H3,(H,55,62)(H,56,63)/t37-,38+,42-,44-,45+,47-,48-,49-,50+/m0/s1. The molecule has 0 bridgehead atoms. The molecule has 66 heavy (non-hydrogen) atoms. The van der Waals surface area contributed by atoms with Crippen LogP contribution in [0.1, 0.15) is 124 Å². The third-order valence-corrected chi connectivity index (χ3v) is 13.5. The number of benzene rings is 2. The van der Waals surface area contributed by atoms with Crippen LogP contribution in [0.2, 0.25) is 0 Å². The average Bonchev–Trinajstić information content (AvgIpc) is 3.74. The summed E-state index contributed by atoms with van der Waals surface area (Å²) in [7, 11) is 8.63. The van der Waals surface area contributed by atoms with Crippen LogP contribution in [0, 0.1) is 29.1 Å². The number of Topliss-reactive ketones (excluding diaryl/α,β-unsaturated/α-hetero) is 1. The van der Waals surface area contributed by atoms with Gasteiger partial charge in [-0.2, -0.15) is 0 Å². The number of nitrogens with zero attached hydrogens (tertiary/aromatic N) is 3.